The quantitative estimate of drug-likeness (QED) is 0.810. The lowest BCUT2D eigenvalue weighted by Crippen LogP contribution is -2.11. The average Bonchev–Trinajstić information content (AvgIpc) is 2.83. The molecule has 0 saturated heterocycles. The van der Waals surface area contributed by atoms with Gasteiger partial charge in [0.25, 0.3) is 5.91 Å². The zero-order valence-corrected chi connectivity index (χ0v) is 8.04. The van der Waals surface area contributed by atoms with E-state index in [9.17, 15) is 4.79 Å². The van der Waals surface area contributed by atoms with Crippen LogP contribution in [0.5, 0.6) is 0 Å². The van der Waals surface area contributed by atoms with Crippen LogP contribution in [-0.2, 0) is 0 Å². The van der Waals surface area contributed by atoms with E-state index in [0.717, 1.165) is 0 Å². The molecule has 0 spiro atoms. The summed E-state index contributed by atoms with van der Waals surface area (Å²) in [6.45, 7) is 0. The molecule has 16 heavy (non-hydrogen) atoms. The Kier molecular flexibility index (Phi) is 2.61. The van der Waals surface area contributed by atoms with Crippen LogP contribution in [0.25, 0.3) is 0 Å². The monoisotopic (exact) mass is 214 g/mol. The zero-order chi connectivity index (χ0) is 11.4. The number of nitrogens with zero attached hydrogens (tertiary/aromatic N) is 3. The first-order valence-electron chi connectivity index (χ1n) is 4.38. The second kappa shape index (κ2) is 4.23. The van der Waals surface area contributed by atoms with E-state index in [1.54, 1.807) is 24.3 Å². The summed E-state index contributed by atoms with van der Waals surface area (Å²) >= 11 is 0. The molecule has 0 atom stereocenters. The Morgan fingerprint density at radius 3 is 2.69 bits per heavy atom. The van der Waals surface area contributed by atoms with Gasteiger partial charge in [-0.1, -0.05) is 5.16 Å². The Morgan fingerprint density at radius 2 is 2.12 bits per heavy atom. The molecule has 1 aromatic carbocycles. The minimum absolute atomic E-state index is 0.101. The Labute approximate surface area is 90.5 Å². The van der Waals surface area contributed by atoms with E-state index in [0.29, 0.717) is 11.3 Å². The molecule has 6 nitrogen and oxygen atoms in total. The van der Waals surface area contributed by atoms with Gasteiger partial charge in [-0.2, -0.15) is 5.26 Å². The van der Waals surface area contributed by atoms with Gasteiger partial charge < -0.3 is 5.32 Å². The molecule has 0 unspecified atom stereocenters. The molecule has 2 rings (SSSR count). The Hall–Kier alpha value is -2.68. The number of rotatable bonds is 2. The molecule has 78 valence electrons. The van der Waals surface area contributed by atoms with Crippen molar-refractivity contribution in [2.45, 2.75) is 0 Å². The Balaban J connectivity index is 2.10. The lowest BCUT2D eigenvalue weighted by atomic mass is 10.2. The van der Waals surface area contributed by atoms with Gasteiger partial charge in [0.15, 0.2) is 5.69 Å². The number of carbonyl (C=O) groups is 1. The first-order chi connectivity index (χ1) is 7.79. The molecule has 1 aromatic heterocycles. The SMILES string of the molecule is N#Cc1ccc(NC(=O)c2cnon2)cc1. The van der Waals surface area contributed by atoms with Gasteiger partial charge in [-0.3, -0.25) is 4.79 Å². The van der Waals surface area contributed by atoms with E-state index in [1.165, 1.54) is 6.20 Å². The minimum Gasteiger partial charge on any atom is -0.320 e. The van der Waals surface area contributed by atoms with Crippen molar-refractivity contribution in [2.24, 2.45) is 0 Å². The molecule has 0 fully saturated rings. The number of amides is 1. The van der Waals surface area contributed by atoms with Crippen LogP contribution in [0.1, 0.15) is 16.1 Å². The summed E-state index contributed by atoms with van der Waals surface area (Å²) in [6, 6.07) is 8.46. The molecule has 0 aliphatic heterocycles. The lowest BCUT2D eigenvalue weighted by Gasteiger charge is -2.01. The van der Waals surface area contributed by atoms with E-state index in [-0.39, 0.29) is 5.69 Å². The van der Waals surface area contributed by atoms with E-state index >= 15 is 0 Å². The Bertz CT molecular complexity index is 525. The minimum atomic E-state index is -0.411. The smallest absolute Gasteiger partial charge is 0.279 e. The predicted octanol–water partition coefficient (Wildman–Crippen LogP) is 1.19. The number of nitrogens with one attached hydrogen (secondary N) is 1. The van der Waals surface area contributed by atoms with E-state index in [2.05, 4.69) is 20.3 Å². The number of carbonyl (C=O) groups excluding carboxylic acids is 1. The fourth-order valence-corrected chi connectivity index (χ4v) is 1.09. The van der Waals surface area contributed by atoms with Crippen LogP contribution in [0.3, 0.4) is 0 Å². The maximum absolute atomic E-state index is 11.5. The van der Waals surface area contributed by atoms with Crippen LogP contribution in [0.4, 0.5) is 5.69 Å². The van der Waals surface area contributed by atoms with Crippen LogP contribution < -0.4 is 5.32 Å². The Morgan fingerprint density at radius 1 is 1.38 bits per heavy atom. The topological polar surface area (TPSA) is 91.8 Å². The largest absolute Gasteiger partial charge is 0.320 e. The maximum atomic E-state index is 11.5. The summed E-state index contributed by atoms with van der Waals surface area (Å²) in [4.78, 5) is 11.5. The predicted molar refractivity (Wildman–Crippen MR) is 53.4 cm³/mol. The van der Waals surface area contributed by atoms with Gasteiger partial charge in [-0.25, -0.2) is 4.63 Å². The van der Waals surface area contributed by atoms with Crippen molar-refractivity contribution in [3.63, 3.8) is 0 Å². The van der Waals surface area contributed by atoms with E-state index in [1.807, 2.05) is 6.07 Å². The number of benzene rings is 1. The third kappa shape index (κ3) is 2.04. The molecule has 6 heteroatoms. The molecule has 1 amide bonds. The van der Waals surface area contributed by atoms with Crippen LogP contribution in [0.15, 0.2) is 35.1 Å². The van der Waals surface area contributed by atoms with Crippen molar-refractivity contribution in [3.05, 3.63) is 41.7 Å². The summed E-state index contributed by atoms with van der Waals surface area (Å²) in [5.74, 6) is -0.411. The summed E-state index contributed by atoms with van der Waals surface area (Å²) in [5, 5.41) is 17.9. The van der Waals surface area contributed by atoms with Crippen molar-refractivity contribution >= 4 is 11.6 Å². The van der Waals surface area contributed by atoms with Crippen LogP contribution in [-0.4, -0.2) is 16.2 Å². The molecule has 0 aliphatic carbocycles. The van der Waals surface area contributed by atoms with Gasteiger partial charge in [-0.05, 0) is 29.4 Å². The van der Waals surface area contributed by atoms with Gasteiger partial charge in [-0.15, -0.1) is 0 Å². The summed E-state index contributed by atoms with van der Waals surface area (Å²) in [7, 11) is 0. The highest BCUT2D eigenvalue weighted by molar-refractivity contribution is 6.02. The van der Waals surface area contributed by atoms with Crippen LogP contribution in [0.2, 0.25) is 0 Å². The third-order valence-electron chi connectivity index (χ3n) is 1.87. The van der Waals surface area contributed by atoms with Gasteiger partial charge in [0.1, 0.15) is 6.20 Å². The van der Waals surface area contributed by atoms with Gasteiger partial charge in [0.2, 0.25) is 0 Å². The second-order valence-corrected chi connectivity index (χ2v) is 2.94. The number of aromatic nitrogens is 2. The second-order valence-electron chi connectivity index (χ2n) is 2.94. The molecular formula is C10H6N4O2. The summed E-state index contributed by atoms with van der Waals surface area (Å²) in [6.07, 6.45) is 1.22. The third-order valence-corrected chi connectivity index (χ3v) is 1.87. The molecule has 1 N–H and O–H groups in total. The van der Waals surface area contributed by atoms with Crippen LogP contribution >= 0.6 is 0 Å². The highest BCUT2D eigenvalue weighted by atomic mass is 16.6. The maximum Gasteiger partial charge on any atom is 0.279 e. The summed E-state index contributed by atoms with van der Waals surface area (Å²) < 4.78 is 4.31. The fraction of sp³-hybridized carbons (Fsp3) is 0. The van der Waals surface area contributed by atoms with Crippen molar-refractivity contribution in [1.29, 1.82) is 5.26 Å². The first-order valence-corrected chi connectivity index (χ1v) is 4.38. The molecular weight excluding hydrogens is 208 g/mol. The first kappa shape index (κ1) is 9.86. The fourth-order valence-electron chi connectivity index (χ4n) is 1.09. The normalized spacial score (nSPS) is 9.44. The van der Waals surface area contributed by atoms with E-state index < -0.39 is 5.91 Å². The van der Waals surface area contributed by atoms with Gasteiger partial charge in [0, 0.05) is 5.69 Å². The van der Waals surface area contributed by atoms with Crippen molar-refractivity contribution < 1.29 is 9.42 Å². The molecule has 0 radical (unpaired) electrons. The molecule has 0 saturated carbocycles. The number of nitriles is 1. The van der Waals surface area contributed by atoms with Crippen molar-refractivity contribution in [3.8, 4) is 6.07 Å². The summed E-state index contributed by atoms with van der Waals surface area (Å²) in [5.41, 5.74) is 1.21. The highest BCUT2D eigenvalue weighted by Crippen LogP contribution is 2.09. The molecule has 0 aliphatic rings. The van der Waals surface area contributed by atoms with Crippen molar-refractivity contribution in [2.75, 3.05) is 5.32 Å². The van der Waals surface area contributed by atoms with Crippen molar-refractivity contribution in [1.82, 2.24) is 10.3 Å². The van der Waals surface area contributed by atoms with Gasteiger partial charge in [0.05, 0.1) is 11.6 Å². The molecule has 2 aromatic rings. The van der Waals surface area contributed by atoms with Crippen LogP contribution in [0, 0.1) is 11.3 Å². The molecule has 1 heterocycles. The lowest BCUT2D eigenvalue weighted by molar-refractivity contribution is 0.101. The zero-order valence-electron chi connectivity index (χ0n) is 8.04. The highest BCUT2D eigenvalue weighted by Gasteiger charge is 2.09. The number of hydrogen-bond donors (Lipinski definition) is 1. The standard InChI is InChI=1S/C10H6N4O2/c11-5-7-1-3-8(4-2-7)13-10(15)9-6-12-16-14-9/h1-4,6H,(H,13,15). The molecule has 0 bridgehead atoms. The number of hydrogen-bond acceptors (Lipinski definition) is 5. The van der Waals surface area contributed by atoms with E-state index in [4.69, 9.17) is 5.26 Å². The number of anilines is 1. The van der Waals surface area contributed by atoms with Gasteiger partial charge >= 0.3 is 0 Å². The average molecular weight is 214 g/mol.